The Balaban J connectivity index is 1.42. The van der Waals surface area contributed by atoms with Crippen LogP contribution in [0.4, 0.5) is 10.6 Å². The number of carbonyl (C=O) groups is 2. The van der Waals surface area contributed by atoms with Crippen molar-refractivity contribution in [3.63, 3.8) is 0 Å². The molecule has 0 radical (unpaired) electrons. The number of anilines is 1. The normalized spacial score (nSPS) is 25.2. The monoisotopic (exact) mass is 431 g/mol. The largest absolute Gasteiger partial charge is 0.444 e. The third kappa shape index (κ3) is 4.26. The molecule has 0 bridgehead atoms. The van der Waals surface area contributed by atoms with Gasteiger partial charge in [0.25, 0.3) is 0 Å². The highest BCUT2D eigenvalue weighted by Gasteiger charge is 2.42. The number of hydrogen-bond acceptors (Lipinski definition) is 5. The Morgan fingerprint density at radius 1 is 1.10 bits per heavy atom. The molecule has 0 aliphatic carbocycles. The summed E-state index contributed by atoms with van der Waals surface area (Å²) in [7, 11) is 1.94. The molecule has 2 atom stereocenters. The van der Waals surface area contributed by atoms with Gasteiger partial charge in [0.2, 0.25) is 5.91 Å². The standard InChI is InChI=1S/C23H37N5O3/c1-15-16(2)28(18-7-10-26(11-8-18)22(30)31-23(3,4)5)24-21(15)27-12-9-19-17(14-27)13-20(29)25(19)6/h17-19H,7-14H2,1-6H3. The van der Waals surface area contributed by atoms with Crippen LogP contribution in [0.25, 0.3) is 0 Å². The average molecular weight is 432 g/mol. The van der Waals surface area contributed by atoms with Crippen molar-refractivity contribution in [2.24, 2.45) is 5.92 Å². The van der Waals surface area contributed by atoms with Gasteiger partial charge in [-0.05, 0) is 53.9 Å². The Hall–Kier alpha value is -2.25. The first-order chi connectivity index (χ1) is 14.5. The number of nitrogens with zero attached hydrogens (tertiary/aromatic N) is 5. The van der Waals surface area contributed by atoms with E-state index in [0.717, 1.165) is 38.2 Å². The first-order valence-corrected chi connectivity index (χ1v) is 11.6. The summed E-state index contributed by atoms with van der Waals surface area (Å²) < 4.78 is 7.70. The topological polar surface area (TPSA) is 70.9 Å². The van der Waals surface area contributed by atoms with Gasteiger partial charge in [0.1, 0.15) is 5.60 Å². The van der Waals surface area contributed by atoms with Crippen molar-refractivity contribution in [1.82, 2.24) is 19.6 Å². The van der Waals surface area contributed by atoms with E-state index in [9.17, 15) is 9.59 Å². The Morgan fingerprint density at radius 3 is 2.42 bits per heavy atom. The van der Waals surface area contributed by atoms with Gasteiger partial charge < -0.3 is 19.4 Å². The second-order valence-electron chi connectivity index (χ2n) is 10.4. The minimum atomic E-state index is -0.468. The molecular weight excluding hydrogens is 394 g/mol. The molecule has 2 amide bonds. The zero-order chi connectivity index (χ0) is 22.5. The molecule has 0 saturated carbocycles. The van der Waals surface area contributed by atoms with E-state index in [1.165, 1.54) is 11.3 Å². The second-order valence-corrected chi connectivity index (χ2v) is 10.4. The number of rotatable bonds is 2. The van der Waals surface area contributed by atoms with Gasteiger partial charge >= 0.3 is 6.09 Å². The van der Waals surface area contributed by atoms with Crippen LogP contribution in [0.2, 0.25) is 0 Å². The number of aromatic nitrogens is 2. The summed E-state index contributed by atoms with van der Waals surface area (Å²) in [5.74, 6) is 1.73. The number of likely N-dealkylation sites (tertiary alicyclic amines) is 2. The summed E-state index contributed by atoms with van der Waals surface area (Å²) >= 11 is 0. The van der Waals surface area contributed by atoms with E-state index >= 15 is 0 Å². The lowest BCUT2D eigenvalue weighted by Gasteiger charge is -2.37. The van der Waals surface area contributed by atoms with Gasteiger partial charge in [-0.15, -0.1) is 0 Å². The fraction of sp³-hybridized carbons (Fsp3) is 0.783. The van der Waals surface area contributed by atoms with Gasteiger partial charge in [-0.3, -0.25) is 9.48 Å². The highest BCUT2D eigenvalue weighted by molar-refractivity contribution is 5.79. The van der Waals surface area contributed by atoms with E-state index in [-0.39, 0.29) is 12.0 Å². The van der Waals surface area contributed by atoms with Crippen LogP contribution in [-0.4, -0.2) is 76.5 Å². The second kappa shape index (κ2) is 8.02. The minimum absolute atomic E-state index is 0.223. The summed E-state index contributed by atoms with van der Waals surface area (Å²) in [5, 5.41) is 5.05. The molecule has 3 aliphatic heterocycles. The van der Waals surface area contributed by atoms with Crippen LogP contribution in [0.1, 0.15) is 63.8 Å². The van der Waals surface area contributed by atoms with Gasteiger partial charge in [-0.1, -0.05) is 0 Å². The lowest BCUT2D eigenvalue weighted by molar-refractivity contribution is -0.127. The van der Waals surface area contributed by atoms with Crippen LogP contribution < -0.4 is 4.90 Å². The molecule has 4 heterocycles. The van der Waals surface area contributed by atoms with Crippen molar-refractivity contribution >= 4 is 17.8 Å². The van der Waals surface area contributed by atoms with Gasteiger partial charge in [-0.25, -0.2) is 4.79 Å². The molecule has 0 N–H and O–H groups in total. The fourth-order valence-electron chi connectivity index (χ4n) is 5.34. The van der Waals surface area contributed by atoms with E-state index in [0.29, 0.717) is 37.5 Å². The summed E-state index contributed by atoms with van der Waals surface area (Å²) in [6.45, 7) is 13.2. The molecule has 3 aliphatic rings. The molecule has 8 nitrogen and oxygen atoms in total. The van der Waals surface area contributed by atoms with Crippen molar-refractivity contribution < 1.29 is 14.3 Å². The zero-order valence-electron chi connectivity index (χ0n) is 19.8. The number of fused-ring (bicyclic) bond motifs is 1. The van der Waals surface area contributed by atoms with Crippen LogP contribution >= 0.6 is 0 Å². The van der Waals surface area contributed by atoms with Crippen molar-refractivity contribution in [2.45, 2.75) is 78.0 Å². The maximum Gasteiger partial charge on any atom is 0.410 e. The molecule has 0 spiro atoms. The molecule has 1 aromatic rings. The van der Waals surface area contributed by atoms with E-state index in [1.807, 2.05) is 37.6 Å². The molecule has 2 unspecified atom stereocenters. The van der Waals surface area contributed by atoms with Crippen molar-refractivity contribution in [2.75, 3.05) is 38.1 Å². The van der Waals surface area contributed by atoms with Crippen LogP contribution in [0.15, 0.2) is 0 Å². The van der Waals surface area contributed by atoms with E-state index < -0.39 is 5.60 Å². The Kier molecular flexibility index (Phi) is 5.68. The van der Waals surface area contributed by atoms with Crippen molar-refractivity contribution in [3.05, 3.63) is 11.3 Å². The third-order valence-corrected chi connectivity index (χ3v) is 7.21. The predicted octanol–water partition coefficient (Wildman–Crippen LogP) is 3.13. The smallest absolute Gasteiger partial charge is 0.410 e. The molecule has 3 saturated heterocycles. The van der Waals surface area contributed by atoms with Gasteiger partial charge in [0, 0.05) is 62.9 Å². The van der Waals surface area contributed by atoms with Crippen molar-refractivity contribution in [3.8, 4) is 0 Å². The maximum atomic E-state index is 12.4. The maximum absolute atomic E-state index is 12.4. The molecule has 0 aromatic carbocycles. The molecular formula is C23H37N5O3. The van der Waals surface area contributed by atoms with Gasteiger partial charge in [0.05, 0.1) is 6.04 Å². The number of hydrogen-bond donors (Lipinski definition) is 0. The minimum Gasteiger partial charge on any atom is -0.444 e. The molecule has 4 rings (SSSR count). The van der Waals surface area contributed by atoms with Crippen LogP contribution in [-0.2, 0) is 9.53 Å². The Morgan fingerprint density at radius 2 is 1.77 bits per heavy atom. The lowest BCUT2D eigenvalue weighted by Crippen LogP contribution is -2.45. The molecule has 1 aromatic heterocycles. The van der Waals surface area contributed by atoms with E-state index in [2.05, 4.69) is 23.4 Å². The zero-order valence-corrected chi connectivity index (χ0v) is 19.8. The SMILES string of the molecule is Cc1c(N2CCC3C(CC(=O)N3C)C2)nn(C2CCN(C(=O)OC(C)(C)C)CC2)c1C. The Bertz CT molecular complexity index is 850. The fourth-order valence-corrected chi connectivity index (χ4v) is 5.34. The Labute approximate surface area is 185 Å². The predicted molar refractivity (Wildman–Crippen MR) is 119 cm³/mol. The first kappa shape index (κ1) is 22.0. The average Bonchev–Trinajstić information content (AvgIpc) is 3.16. The van der Waals surface area contributed by atoms with Crippen LogP contribution in [0.3, 0.4) is 0 Å². The highest BCUT2D eigenvalue weighted by atomic mass is 16.6. The number of piperidine rings is 2. The molecule has 3 fully saturated rings. The summed E-state index contributed by atoms with van der Waals surface area (Å²) in [6, 6.07) is 0.673. The number of ether oxygens (including phenoxy) is 1. The summed E-state index contributed by atoms with van der Waals surface area (Å²) in [6.07, 6.45) is 3.19. The van der Waals surface area contributed by atoms with E-state index in [1.54, 1.807) is 0 Å². The van der Waals surface area contributed by atoms with Crippen LogP contribution in [0, 0.1) is 19.8 Å². The van der Waals surface area contributed by atoms with Gasteiger partial charge in [-0.2, -0.15) is 5.10 Å². The highest BCUT2D eigenvalue weighted by Crippen LogP contribution is 2.35. The van der Waals surface area contributed by atoms with Crippen molar-refractivity contribution in [1.29, 1.82) is 0 Å². The van der Waals surface area contributed by atoms with Gasteiger partial charge in [0.15, 0.2) is 5.82 Å². The lowest BCUT2D eigenvalue weighted by atomic mass is 9.93. The quantitative estimate of drug-likeness (QED) is 0.720. The van der Waals surface area contributed by atoms with E-state index in [4.69, 9.17) is 9.84 Å². The number of amides is 2. The first-order valence-electron chi connectivity index (χ1n) is 11.6. The third-order valence-electron chi connectivity index (χ3n) is 7.21. The number of carbonyl (C=O) groups excluding carboxylic acids is 2. The molecule has 8 heteroatoms. The summed E-state index contributed by atoms with van der Waals surface area (Å²) in [4.78, 5) is 30.6. The van der Waals surface area contributed by atoms with Crippen LogP contribution in [0.5, 0.6) is 0 Å². The summed E-state index contributed by atoms with van der Waals surface area (Å²) in [5.41, 5.74) is 1.96. The molecule has 172 valence electrons. The molecule has 31 heavy (non-hydrogen) atoms.